The van der Waals surface area contributed by atoms with Crippen LogP contribution in [0.4, 0.5) is 0 Å². The van der Waals surface area contributed by atoms with Gasteiger partial charge in [0.05, 0.1) is 23.1 Å². The summed E-state index contributed by atoms with van der Waals surface area (Å²) in [5, 5.41) is 9.29. The van der Waals surface area contributed by atoms with Crippen LogP contribution in [-0.4, -0.2) is 26.0 Å². The van der Waals surface area contributed by atoms with E-state index < -0.39 is 5.97 Å². The lowest BCUT2D eigenvalue weighted by molar-refractivity contribution is -0.143. The van der Waals surface area contributed by atoms with Crippen molar-refractivity contribution in [2.24, 2.45) is 5.92 Å². The molecular formula is C13H15N3O2. The molecule has 5 heteroatoms. The van der Waals surface area contributed by atoms with Gasteiger partial charge >= 0.3 is 5.97 Å². The summed E-state index contributed by atoms with van der Waals surface area (Å²) in [6.45, 7) is 0. The number of aromatic nitrogens is 3. The van der Waals surface area contributed by atoms with E-state index in [0.717, 1.165) is 42.5 Å². The van der Waals surface area contributed by atoms with Gasteiger partial charge in [0, 0.05) is 12.1 Å². The fourth-order valence-corrected chi connectivity index (χ4v) is 2.81. The summed E-state index contributed by atoms with van der Waals surface area (Å²) in [6.07, 6.45) is 7.13. The SMILES string of the molecule is O=C(O)C1CCCCC1c1nc2ccncc2[nH]1. The second kappa shape index (κ2) is 4.40. The monoisotopic (exact) mass is 245 g/mol. The van der Waals surface area contributed by atoms with Gasteiger partial charge in [-0.25, -0.2) is 4.98 Å². The summed E-state index contributed by atoms with van der Waals surface area (Å²) in [5.41, 5.74) is 1.73. The van der Waals surface area contributed by atoms with Gasteiger partial charge in [-0.3, -0.25) is 9.78 Å². The number of aliphatic carboxylic acids is 1. The number of carboxylic acids is 1. The molecule has 1 aliphatic carbocycles. The summed E-state index contributed by atoms with van der Waals surface area (Å²) in [7, 11) is 0. The maximum Gasteiger partial charge on any atom is 0.307 e. The number of imidazole rings is 1. The standard InChI is InChI=1S/C13H15N3O2/c17-13(18)9-4-2-1-3-8(9)12-15-10-5-6-14-7-11(10)16-12/h5-9H,1-4H2,(H,15,16)(H,17,18). The van der Waals surface area contributed by atoms with Gasteiger partial charge in [0.15, 0.2) is 0 Å². The second-order valence-electron chi connectivity index (χ2n) is 4.85. The van der Waals surface area contributed by atoms with Crippen LogP contribution >= 0.6 is 0 Å². The summed E-state index contributed by atoms with van der Waals surface area (Å²) >= 11 is 0. The van der Waals surface area contributed by atoms with Crippen LogP contribution in [0.3, 0.4) is 0 Å². The van der Waals surface area contributed by atoms with Gasteiger partial charge < -0.3 is 10.1 Å². The Morgan fingerprint density at radius 1 is 1.39 bits per heavy atom. The zero-order chi connectivity index (χ0) is 12.5. The molecule has 0 radical (unpaired) electrons. The van der Waals surface area contributed by atoms with E-state index >= 15 is 0 Å². The Balaban J connectivity index is 1.98. The first-order chi connectivity index (χ1) is 8.75. The van der Waals surface area contributed by atoms with E-state index in [1.807, 2.05) is 6.07 Å². The minimum absolute atomic E-state index is 0.00338. The summed E-state index contributed by atoms with van der Waals surface area (Å²) in [6, 6.07) is 1.84. The first kappa shape index (κ1) is 11.2. The Bertz CT molecular complexity index is 545. The predicted octanol–water partition coefficient (Wildman–Crippen LogP) is 2.32. The van der Waals surface area contributed by atoms with Gasteiger partial charge in [-0.15, -0.1) is 0 Å². The first-order valence-electron chi connectivity index (χ1n) is 6.28. The smallest absolute Gasteiger partial charge is 0.307 e. The van der Waals surface area contributed by atoms with Crippen LogP contribution in [-0.2, 0) is 4.79 Å². The van der Waals surface area contributed by atoms with Crippen molar-refractivity contribution in [3.63, 3.8) is 0 Å². The third-order valence-electron chi connectivity index (χ3n) is 3.74. The highest BCUT2D eigenvalue weighted by Gasteiger charge is 2.33. The molecule has 2 N–H and O–H groups in total. The number of carbonyl (C=O) groups is 1. The van der Waals surface area contributed by atoms with Crippen molar-refractivity contribution >= 4 is 17.0 Å². The van der Waals surface area contributed by atoms with Crippen molar-refractivity contribution in [2.75, 3.05) is 0 Å². The molecule has 2 aromatic heterocycles. The Morgan fingerprint density at radius 2 is 2.22 bits per heavy atom. The number of aromatic amines is 1. The average molecular weight is 245 g/mol. The normalized spacial score (nSPS) is 24.2. The second-order valence-corrected chi connectivity index (χ2v) is 4.85. The van der Waals surface area contributed by atoms with Gasteiger partial charge in [-0.2, -0.15) is 0 Å². The van der Waals surface area contributed by atoms with Crippen LogP contribution in [0.2, 0.25) is 0 Å². The molecule has 2 aromatic rings. The van der Waals surface area contributed by atoms with Crippen LogP contribution in [0.1, 0.15) is 37.4 Å². The molecule has 94 valence electrons. The number of fused-ring (bicyclic) bond motifs is 1. The van der Waals surface area contributed by atoms with Gasteiger partial charge in [0.25, 0.3) is 0 Å². The van der Waals surface area contributed by atoms with Gasteiger partial charge in [0.2, 0.25) is 0 Å². The molecule has 2 unspecified atom stereocenters. The summed E-state index contributed by atoms with van der Waals surface area (Å²) < 4.78 is 0. The lowest BCUT2D eigenvalue weighted by Gasteiger charge is -2.26. The van der Waals surface area contributed by atoms with E-state index in [2.05, 4.69) is 15.0 Å². The third-order valence-corrected chi connectivity index (χ3v) is 3.74. The predicted molar refractivity (Wildman–Crippen MR) is 66.2 cm³/mol. The topological polar surface area (TPSA) is 78.9 Å². The molecule has 2 heterocycles. The van der Waals surface area contributed by atoms with Gasteiger partial charge in [0.1, 0.15) is 5.82 Å². The molecule has 1 aliphatic rings. The van der Waals surface area contributed by atoms with Crippen molar-refractivity contribution in [3.8, 4) is 0 Å². The fraction of sp³-hybridized carbons (Fsp3) is 0.462. The third kappa shape index (κ3) is 1.85. The van der Waals surface area contributed by atoms with E-state index in [9.17, 15) is 9.90 Å². The molecule has 1 fully saturated rings. The Kier molecular flexibility index (Phi) is 2.74. The van der Waals surface area contributed by atoms with Crippen LogP contribution < -0.4 is 0 Å². The number of hydrogen-bond acceptors (Lipinski definition) is 3. The van der Waals surface area contributed by atoms with Crippen molar-refractivity contribution < 1.29 is 9.90 Å². The minimum Gasteiger partial charge on any atom is -0.481 e. The molecule has 0 saturated heterocycles. The van der Waals surface area contributed by atoms with Crippen molar-refractivity contribution in [2.45, 2.75) is 31.6 Å². The molecule has 0 spiro atoms. The van der Waals surface area contributed by atoms with Crippen molar-refractivity contribution in [1.29, 1.82) is 0 Å². The lowest BCUT2D eigenvalue weighted by atomic mass is 9.79. The van der Waals surface area contributed by atoms with E-state index in [0.29, 0.717) is 0 Å². The maximum absolute atomic E-state index is 11.3. The van der Waals surface area contributed by atoms with Gasteiger partial charge in [-0.05, 0) is 18.9 Å². The van der Waals surface area contributed by atoms with Crippen LogP contribution in [0, 0.1) is 5.92 Å². The van der Waals surface area contributed by atoms with E-state index in [1.54, 1.807) is 12.4 Å². The molecule has 3 rings (SSSR count). The minimum atomic E-state index is -0.710. The zero-order valence-corrected chi connectivity index (χ0v) is 9.97. The first-order valence-corrected chi connectivity index (χ1v) is 6.28. The van der Waals surface area contributed by atoms with E-state index in [1.165, 1.54) is 0 Å². The molecule has 5 nitrogen and oxygen atoms in total. The highest BCUT2D eigenvalue weighted by Crippen LogP contribution is 2.37. The number of hydrogen-bond donors (Lipinski definition) is 2. The summed E-state index contributed by atoms with van der Waals surface area (Å²) in [4.78, 5) is 23.1. The Morgan fingerprint density at radius 3 is 3.00 bits per heavy atom. The molecule has 0 aromatic carbocycles. The maximum atomic E-state index is 11.3. The highest BCUT2D eigenvalue weighted by atomic mass is 16.4. The zero-order valence-electron chi connectivity index (χ0n) is 9.97. The highest BCUT2D eigenvalue weighted by molar-refractivity contribution is 5.75. The van der Waals surface area contributed by atoms with Crippen molar-refractivity contribution in [3.05, 3.63) is 24.3 Å². The Labute approximate surface area is 104 Å². The molecular weight excluding hydrogens is 230 g/mol. The quantitative estimate of drug-likeness (QED) is 0.851. The number of carboxylic acid groups (broad SMARTS) is 1. The summed E-state index contributed by atoms with van der Waals surface area (Å²) in [5.74, 6) is -0.223. The Hall–Kier alpha value is -1.91. The average Bonchev–Trinajstić information content (AvgIpc) is 2.82. The van der Waals surface area contributed by atoms with Crippen LogP contribution in [0.5, 0.6) is 0 Å². The number of nitrogens with zero attached hydrogens (tertiary/aromatic N) is 2. The number of H-pyrrole nitrogens is 1. The van der Waals surface area contributed by atoms with Gasteiger partial charge in [-0.1, -0.05) is 12.8 Å². The molecule has 2 atom stereocenters. The molecule has 18 heavy (non-hydrogen) atoms. The number of nitrogens with one attached hydrogen (secondary N) is 1. The largest absolute Gasteiger partial charge is 0.481 e. The molecule has 0 amide bonds. The molecule has 1 saturated carbocycles. The molecule has 0 bridgehead atoms. The van der Waals surface area contributed by atoms with E-state index in [-0.39, 0.29) is 11.8 Å². The number of rotatable bonds is 2. The van der Waals surface area contributed by atoms with E-state index in [4.69, 9.17) is 0 Å². The van der Waals surface area contributed by atoms with Crippen LogP contribution in [0.25, 0.3) is 11.0 Å². The fourth-order valence-electron chi connectivity index (χ4n) is 2.81. The number of pyridine rings is 1. The molecule has 0 aliphatic heterocycles. The lowest BCUT2D eigenvalue weighted by Crippen LogP contribution is -2.26. The van der Waals surface area contributed by atoms with Crippen LogP contribution in [0.15, 0.2) is 18.5 Å². The van der Waals surface area contributed by atoms with Crippen molar-refractivity contribution in [1.82, 2.24) is 15.0 Å².